The Bertz CT molecular complexity index is 151. The van der Waals surface area contributed by atoms with E-state index < -0.39 is 0 Å². The van der Waals surface area contributed by atoms with Gasteiger partial charge in [0.2, 0.25) is 0 Å². The van der Waals surface area contributed by atoms with Crippen molar-refractivity contribution in [3.8, 4) is 0 Å². The number of carbonyl (C=O) groups excluding carboxylic acids is 1. The van der Waals surface area contributed by atoms with Gasteiger partial charge in [0.1, 0.15) is 0 Å². The smallest absolute Gasteiger partial charge is 0.311 e. The van der Waals surface area contributed by atoms with Gasteiger partial charge < -0.3 is 10.1 Å². The van der Waals surface area contributed by atoms with Crippen LogP contribution in [0.5, 0.6) is 0 Å². The zero-order valence-electron chi connectivity index (χ0n) is 6.47. The fourth-order valence-corrected chi connectivity index (χ4v) is 1.43. The van der Waals surface area contributed by atoms with Crippen molar-refractivity contribution in [1.29, 1.82) is 0 Å². The van der Waals surface area contributed by atoms with Crippen LogP contribution in [-0.2, 0) is 9.53 Å². The molecule has 1 fully saturated rings. The Kier molecular flexibility index (Phi) is 3.15. The predicted molar refractivity (Wildman–Crippen MR) is 42.6 cm³/mol. The molecule has 1 heterocycles. The van der Waals surface area contributed by atoms with Crippen LogP contribution in [0.1, 0.15) is 6.92 Å². The van der Waals surface area contributed by atoms with E-state index in [9.17, 15) is 4.79 Å². The molecular weight excluding hydrogens is 166 g/mol. The first-order valence-corrected chi connectivity index (χ1v) is 4.20. The molecule has 0 aromatic heterocycles. The second-order valence-electron chi connectivity index (χ2n) is 2.53. The van der Waals surface area contributed by atoms with Gasteiger partial charge in [-0.3, -0.25) is 4.79 Å². The van der Waals surface area contributed by atoms with Crippen LogP contribution in [0.15, 0.2) is 0 Å². The molecule has 64 valence electrons. The fraction of sp³-hybridized carbons (Fsp3) is 0.857. The molecule has 1 rings (SSSR count). The molecule has 1 aliphatic rings. The molecule has 1 N–H and O–H groups in total. The van der Waals surface area contributed by atoms with Crippen LogP contribution in [0.2, 0.25) is 0 Å². The van der Waals surface area contributed by atoms with E-state index in [-0.39, 0.29) is 17.3 Å². The molecule has 0 aromatic rings. The Morgan fingerprint density at radius 2 is 2.45 bits per heavy atom. The highest BCUT2D eigenvalue weighted by Gasteiger charge is 2.32. The monoisotopic (exact) mass is 177 g/mol. The molecule has 2 atom stereocenters. The normalized spacial score (nSPS) is 30.4. The summed E-state index contributed by atoms with van der Waals surface area (Å²) in [5.74, 6) is -0.339. The van der Waals surface area contributed by atoms with Gasteiger partial charge in [-0.05, 0) is 6.92 Å². The van der Waals surface area contributed by atoms with E-state index in [1.54, 1.807) is 6.92 Å². The van der Waals surface area contributed by atoms with Crippen molar-refractivity contribution in [3.05, 3.63) is 0 Å². The molecule has 4 heteroatoms. The van der Waals surface area contributed by atoms with Gasteiger partial charge in [-0.1, -0.05) is 0 Å². The average Bonchev–Trinajstić information content (AvgIpc) is 2.36. The van der Waals surface area contributed by atoms with Gasteiger partial charge in [0.25, 0.3) is 0 Å². The standard InChI is InChI=1S/C7H12ClNO2/c1-2-11-7(10)5-3-9-4-6(5)8/h5-6,9H,2-4H2,1H3. The Morgan fingerprint density at radius 3 is 2.91 bits per heavy atom. The quantitative estimate of drug-likeness (QED) is 0.490. The molecule has 0 aromatic carbocycles. The number of ether oxygens (including phenoxy) is 1. The molecule has 0 amide bonds. The summed E-state index contributed by atoms with van der Waals surface area (Å²) in [6, 6.07) is 0. The molecular formula is C7H12ClNO2. The van der Waals surface area contributed by atoms with Crippen LogP contribution in [0.4, 0.5) is 0 Å². The molecule has 0 spiro atoms. The maximum atomic E-state index is 11.1. The molecule has 0 bridgehead atoms. The summed E-state index contributed by atoms with van der Waals surface area (Å²) >= 11 is 5.85. The zero-order valence-corrected chi connectivity index (χ0v) is 7.23. The summed E-state index contributed by atoms with van der Waals surface area (Å²) < 4.78 is 4.83. The van der Waals surface area contributed by atoms with Crippen LogP contribution in [0.25, 0.3) is 0 Å². The van der Waals surface area contributed by atoms with E-state index in [1.807, 2.05) is 0 Å². The minimum Gasteiger partial charge on any atom is -0.466 e. The highest BCUT2D eigenvalue weighted by molar-refractivity contribution is 6.22. The third-order valence-electron chi connectivity index (χ3n) is 1.73. The van der Waals surface area contributed by atoms with E-state index >= 15 is 0 Å². The average molecular weight is 178 g/mol. The van der Waals surface area contributed by atoms with Crippen molar-refractivity contribution in [2.75, 3.05) is 19.7 Å². The lowest BCUT2D eigenvalue weighted by molar-refractivity contribution is -0.147. The minimum atomic E-state index is -0.183. The predicted octanol–water partition coefficient (Wildman–Crippen LogP) is 0.376. The third kappa shape index (κ3) is 2.07. The number of hydrogen-bond acceptors (Lipinski definition) is 3. The minimum absolute atomic E-state index is 0.103. The van der Waals surface area contributed by atoms with Gasteiger partial charge in [0.05, 0.1) is 17.9 Å². The number of rotatable bonds is 2. The van der Waals surface area contributed by atoms with Crippen LogP contribution in [0, 0.1) is 5.92 Å². The zero-order chi connectivity index (χ0) is 8.27. The lowest BCUT2D eigenvalue weighted by Gasteiger charge is -2.09. The van der Waals surface area contributed by atoms with Crippen LogP contribution >= 0.6 is 11.6 Å². The molecule has 0 radical (unpaired) electrons. The molecule has 1 aliphatic heterocycles. The first-order chi connectivity index (χ1) is 5.25. The van der Waals surface area contributed by atoms with Crippen molar-refractivity contribution >= 4 is 17.6 Å². The van der Waals surface area contributed by atoms with Crippen molar-refractivity contribution < 1.29 is 9.53 Å². The Hall–Kier alpha value is -0.280. The highest BCUT2D eigenvalue weighted by Crippen LogP contribution is 2.16. The summed E-state index contributed by atoms with van der Waals surface area (Å²) in [6.45, 7) is 3.57. The summed E-state index contributed by atoms with van der Waals surface area (Å²) in [6.07, 6.45) is 0. The van der Waals surface area contributed by atoms with E-state index in [4.69, 9.17) is 16.3 Å². The maximum Gasteiger partial charge on any atom is 0.311 e. The number of halogens is 1. The lowest BCUT2D eigenvalue weighted by Crippen LogP contribution is -2.25. The van der Waals surface area contributed by atoms with Gasteiger partial charge in [0.15, 0.2) is 0 Å². The SMILES string of the molecule is CCOC(=O)C1CNCC1Cl. The second-order valence-corrected chi connectivity index (χ2v) is 3.09. The van der Waals surface area contributed by atoms with Crippen LogP contribution in [0.3, 0.4) is 0 Å². The first-order valence-electron chi connectivity index (χ1n) is 3.77. The summed E-state index contributed by atoms with van der Waals surface area (Å²) in [5.41, 5.74) is 0. The number of alkyl halides is 1. The van der Waals surface area contributed by atoms with Gasteiger partial charge in [-0.15, -0.1) is 11.6 Å². The fourth-order valence-electron chi connectivity index (χ4n) is 1.13. The van der Waals surface area contributed by atoms with E-state index in [0.717, 1.165) is 0 Å². The third-order valence-corrected chi connectivity index (χ3v) is 2.19. The Balaban J connectivity index is 2.39. The Labute approximate surface area is 71.1 Å². The lowest BCUT2D eigenvalue weighted by atomic mass is 10.1. The Morgan fingerprint density at radius 1 is 1.73 bits per heavy atom. The molecule has 0 aliphatic carbocycles. The number of hydrogen-bond donors (Lipinski definition) is 1. The molecule has 11 heavy (non-hydrogen) atoms. The van der Waals surface area contributed by atoms with Crippen molar-refractivity contribution in [1.82, 2.24) is 5.32 Å². The van der Waals surface area contributed by atoms with Gasteiger partial charge in [-0.2, -0.15) is 0 Å². The topological polar surface area (TPSA) is 38.3 Å². The molecule has 1 saturated heterocycles. The number of nitrogens with one attached hydrogen (secondary N) is 1. The van der Waals surface area contributed by atoms with E-state index in [1.165, 1.54) is 0 Å². The van der Waals surface area contributed by atoms with Crippen LogP contribution in [-0.4, -0.2) is 31.0 Å². The van der Waals surface area contributed by atoms with Crippen LogP contribution < -0.4 is 5.32 Å². The molecule has 3 nitrogen and oxygen atoms in total. The van der Waals surface area contributed by atoms with Gasteiger partial charge in [0, 0.05) is 13.1 Å². The number of esters is 1. The molecule has 0 saturated carbocycles. The summed E-state index contributed by atoms with van der Waals surface area (Å²) in [5, 5.41) is 2.93. The van der Waals surface area contributed by atoms with Crippen molar-refractivity contribution in [3.63, 3.8) is 0 Å². The second kappa shape index (κ2) is 3.93. The highest BCUT2D eigenvalue weighted by atomic mass is 35.5. The number of carbonyl (C=O) groups is 1. The van der Waals surface area contributed by atoms with E-state index in [0.29, 0.717) is 19.7 Å². The summed E-state index contributed by atoms with van der Waals surface area (Å²) in [4.78, 5) is 11.1. The van der Waals surface area contributed by atoms with Crippen molar-refractivity contribution in [2.45, 2.75) is 12.3 Å². The van der Waals surface area contributed by atoms with Gasteiger partial charge in [-0.25, -0.2) is 0 Å². The first kappa shape index (κ1) is 8.81. The summed E-state index contributed by atoms with van der Waals surface area (Å²) in [7, 11) is 0. The van der Waals surface area contributed by atoms with E-state index in [2.05, 4.69) is 5.32 Å². The largest absolute Gasteiger partial charge is 0.466 e. The molecule has 2 unspecified atom stereocenters. The maximum absolute atomic E-state index is 11.1. The van der Waals surface area contributed by atoms with Crippen molar-refractivity contribution in [2.24, 2.45) is 5.92 Å². The van der Waals surface area contributed by atoms with Gasteiger partial charge >= 0.3 is 5.97 Å².